The Morgan fingerprint density at radius 2 is 2.45 bits per heavy atom. The van der Waals surface area contributed by atoms with E-state index in [1.807, 2.05) is 30.1 Å². The van der Waals surface area contributed by atoms with Crippen molar-refractivity contribution in [1.29, 1.82) is 0 Å². The Bertz CT molecular complexity index is 601. The van der Waals surface area contributed by atoms with Crippen LogP contribution in [0.25, 0.3) is 0 Å². The van der Waals surface area contributed by atoms with Crippen LogP contribution in [-0.2, 0) is 6.42 Å². The van der Waals surface area contributed by atoms with Gasteiger partial charge in [-0.2, -0.15) is 5.10 Å². The first-order valence-corrected chi connectivity index (χ1v) is 8.66. The summed E-state index contributed by atoms with van der Waals surface area (Å²) in [6.07, 6.45) is 5.11. The summed E-state index contributed by atoms with van der Waals surface area (Å²) >= 11 is 1.73. The van der Waals surface area contributed by atoms with Crippen molar-refractivity contribution in [1.82, 2.24) is 20.0 Å². The summed E-state index contributed by atoms with van der Waals surface area (Å²) < 4.78 is 1.94. The van der Waals surface area contributed by atoms with Crippen LogP contribution < -0.4 is 5.32 Å². The van der Waals surface area contributed by atoms with Gasteiger partial charge < -0.3 is 10.2 Å². The average Bonchev–Trinajstić information content (AvgIpc) is 3.24. The Hall–Kier alpha value is -1.66. The predicted octanol–water partition coefficient (Wildman–Crippen LogP) is 2.18. The van der Waals surface area contributed by atoms with Crippen molar-refractivity contribution in [2.75, 3.05) is 26.7 Å². The van der Waals surface area contributed by atoms with Crippen LogP contribution in [0.1, 0.15) is 34.2 Å². The summed E-state index contributed by atoms with van der Waals surface area (Å²) in [6.45, 7) is 2.73. The number of hydrogen-bond acceptors (Lipinski definition) is 4. The first-order valence-electron chi connectivity index (χ1n) is 7.78. The van der Waals surface area contributed by atoms with Gasteiger partial charge in [0.1, 0.15) is 5.69 Å². The number of hydrogen-bond donors (Lipinski definition) is 1. The van der Waals surface area contributed by atoms with E-state index >= 15 is 0 Å². The number of amides is 1. The third-order valence-corrected chi connectivity index (χ3v) is 5.03. The molecule has 0 saturated carbocycles. The maximum atomic E-state index is 12.4. The van der Waals surface area contributed by atoms with Crippen LogP contribution in [0.4, 0.5) is 0 Å². The van der Waals surface area contributed by atoms with E-state index in [4.69, 9.17) is 0 Å². The van der Waals surface area contributed by atoms with Crippen LogP contribution >= 0.6 is 11.3 Å². The molecule has 1 atom stereocenters. The van der Waals surface area contributed by atoms with E-state index in [0.29, 0.717) is 11.7 Å². The van der Waals surface area contributed by atoms with Crippen LogP contribution in [0, 0.1) is 0 Å². The summed E-state index contributed by atoms with van der Waals surface area (Å²) in [4.78, 5) is 15.5. The number of nitrogens with one attached hydrogen (secondary N) is 1. The van der Waals surface area contributed by atoms with E-state index < -0.39 is 0 Å². The molecule has 0 aliphatic carbocycles. The normalized spacial score (nSPS) is 18.3. The SMILES string of the molecule is CN(CCc1cccs1)C(=O)c1ccn(C2CCCNC2)n1. The Morgan fingerprint density at radius 1 is 1.55 bits per heavy atom. The molecule has 1 N–H and O–H groups in total. The lowest BCUT2D eigenvalue weighted by Gasteiger charge is -2.23. The fourth-order valence-corrected chi connectivity index (χ4v) is 3.44. The second-order valence-electron chi connectivity index (χ2n) is 5.74. The van der Waals surface area contributed by atoms with E-state index in [1.54, 1.807) is 16.2 Å². The van der Waals surface area contributed by atoms with Crippen LogP contribution in [0.3, 0.4) is 0 Å². The van der Waals surface area contributed by atoms with Gasteiger partial charge in [-0.15, -0.1) is 11.3 Å². The third-order valence-electron chi connectivity index (χ3n) is 4.09. The number of carbonyl (C=O) groups is 1. The Balaban J connectivity index is 1.58. The highest BCUT2D eigenvalue weighted by atomic mass is 32.1. The molecule has 1 aliphatic heterocycles. The minimum atomic E-state index is -0.000857. The maximum Gasteiger partial charge on any atom is 0.274 e. The van der Waals surface area contributed by atoms with Gasteiger partial charge in [-0.3, -0.25) is 9.48 Å². The molecule has 0 aromatic carbocycles. The van der Waals surface area contributed by atoms with Gasteiger partial charge in [-0.1, -0.05) is 6.07 Å². The molecule has 0 bridgehead atoms. The number of rotatable bonds is 5. The van der Waals surface area contributed by atoms with Gasteiger partial charge in [0.15, 0.2) is 0 Å². The second kappa shape index (κ2) is 7.07. The highest BCUT2D eigenvalue weighted by molar-refractivity contribution is 7.09. The molecular weight excluding hydrogens is 296 g/mol. The predicted molar refractivity (Wildman–Crippen MR) is 88.4 cm³/mol. The van der Waals surface area contributed by atoms with Crippen molar-refractivity contribution in [3.8, 4) is 0 Å². The number of piperidine rings is 1. The number of aromatic nitrogens is 2. The Labute approximate surface area is 134 Å². The molecule has 6 heteroatoms. The lowest BCUT2D eigenvalue weighted by molar-refractivity contribution is 0.0789. The van der Waals surface area contributed by atoms with Gasteiger partial charge in [-0.05, 0) is 43.3 Å². The van der Waals surface area contributed by atoms with Crippen LogP contribution in [0.5, 0.6) is 0 Å². The van der Waals surface area contributed by atoms with Crippen LogP contribution in [0.15, 0.2) is 29.8 Å². The summed E-state index contributed by atoms with van der Waals surface area (Å²) in [7, 11) is 1.84. The van der Waals surface area contributed by atoms with Gasteiger partial charge in [0.05, 0.1) is 6.04 Å². The van der Waals surface area contributed by atoms with Crippen LogP contribution in [0.2, 0.25) is 0 Å². The van der Waals surface area contributed by atoms with Crippen molar-refractivity contribution in [3.63, 3.8) is 0 Å². The third kappa shape index (κ3) is 3.56. The molecule has 2 aromatic heterocycles. The summed E-state index contributed by atoms with van der Waals surface area (Å²) in [6, 6.07) is 6.35. The number of nitrogens with zero attached hydrogens (tertiary/aromatic N) is 3. The number of likely N-dealkylation sites (N-methyl/N-ethyl adjacent to an activating group) is 1. The zero-order chi connectivity index (χ0) is 15.4. The maximum absolute atomic E-state index is 12.4. The minimum absolute atomic E-state index is 0.000857. The molecule has 1 unspecified atom stereocenters. The summed E-state index contributed by atoms with van der Waals surface area (Å²) in [5.74, 6) is -0.000857. The van der Waals surface area contributed by atoms with Crippen molar-refractivity contribution < 1.29 is 4.79 Å². The molecule has 118 valence electrons. The Morgan fingerprint density at radius 3 is 3.18 bits per heavy atom. The molecule has 1 aliphatic rings. The molecule has 22 heavy (non-hydrogen) atoms. The fourth-order valence-electron chi connectivity index (χ4n) is 2.74. The van der Waals surface area contributed by atoms with E-state index in [-0.39, 0.29) is 5.91 Å². The number of thiophene rings is 1. The average molecular weight is 318 g/mol. The van der Waals surface area contributed by atoms with Gasteiger partial charge >= 0.3 is 0 Å². The lowest BCUT2D eigenvalue weighted by atomic mass is 10.1. The first kappa shape index (κ1) is 15.2. The van der Waals surface area contributed by atoms with Crippen molar-refractivity contribution in [2.24, 2.45) is 0 Å². The topological polar surface area (TPSA) is 50.2 Å². The molecule has 2 aromatic rings. The fraction of sp³-hybridized carbons (Fsp3) is 0.500. The second-order valence-corrected chi connectivity index (χ2v) is 6.77. The quantitative estimate of drug-likeness (QED) is 0.919. The zero-order valence-corrected chi connectivity index (χ0v) is 13.7. The highest BCUT2D eigenvalue weighted by Gasteiger charge is 2.19. The molecule has 0 radical (unpaired) electrons. The van der Waals surface area contributed by atoms with E-state index in [9.17, 15) is 4.79 Å². The smallest absolute Gasteiger partial charge is 0.274 e. The monoisotopic (exact) mass is 318 g/mol. The van der Waals surface area contributed by atoms with Crippen molar-refractivity contribution in [2.45, 2.75) is 25.3 Å². The highest BCUT2D eigenvalue weighted by Crippen LogP contribution is 2.16. The zero-order valence-electron chi connectivity index (χ0n) is 12.9. The van der Waals surface area contributed by atoms with E-state index in [2.05, 4.69) is 21.9 Å². The van der Waals surface area contributed by atoms with Crippen molar-refractivity contribution in [3.05, 3.63) is 40.3 Å². The molecule has 1 saturated heterocycles. The first-order chi connectivity index (χ1) is 10.7. The molecule has 1 fully saturated rings. The molecular formula is C16H22N4OS. The number of carbonyl (C=O) groups excluding carboxylic acids is 1. The van der Waals surface area contributed by atoms with Gasteiger partial charge in [0.2, 0.25) is 0 Å². The molecule has 3 heterocycles. The van der Waals surface area contributed by atoms with E-state index in [0.717, 1.165) is 38.9 Å². The molecule has 3 rings (SSSR count). The minimum Gasteiger partial charge on any atom is -0.340 e. The Kier molecular flexibility index (Phi) is 4.90. The summed E-state index contributed by atoms with van der Waals surface area (Å²) in [5, 5.41) is 9.93. The van der Waals surface area contributed by atoms with Gasteiger partial charge in [0, 0.05) is 31.2 Å². The standard InChI is InChI=1S/C16H22N4OS/c1-19(9-6-14-5-3-11-22-14)16(21)15-7-10-20(18-15)13-4-2-8-17-12-13/h3,5,7,10-11,13,17H,2,4,6,8-9,12H2,1H3. The van der Waals surface area contributed by atoms with Crippen molar-refractivity contribution >= 4 is 17.2 Å². The van der Waals surface area contributed by atoms with E-state index in [1.165, 1.54) is 4.88 Å². The molecule has 5 nitrogen and oxygen atoms in total. The van der Waals surface area contributed by atoms with Crippen LogP contribution in [-0.4, -0.2) is 47.3 Å². The molecule has 0 spiro atoms. The molecule has 1 amide bonds. The lowest BCUT2D eigenvalue weighted by Crippen LogP contribution is -2.32. The van der Waals surface area contributed by atoms with Gasteiger partial charge in [-0.25, -0.2) is 0 Å². The largest absolute Gasteiger partial charge is 0.340 e. The summed E-state index contributed by atoms with van der Waals surface area (Å²) in [5.41, 5.74) is 0.541. The van der Waals surface area contributed by atoms with Gasteiger partial charge in [0.25, 0.3) is 5.91 Å².